The summed E-state index contributed by atoms with van der Waals surface area (Å²) >= 11 is 0. The second-order valence-electron chi connectivity index (χ2n) is 7.35. The number of carbonyl (C=O) groups is 3. The van der Waals surface area contributed by atoms with Gasteiger partial charge in [-0.1, -0.05) is 26.0 Å². The second-order valence-corrected chi connectivity index (χ2v) is 9.03. The van der Waals surface area contributed by atoms with Gasteiger partial charge in [-0.3, -0.25) is 14.4 Å². The summed E-state index contributed by atoms with van der Waals surface area (Å²) < 4.78 is 41.1. The van der Waals surface area contributed by atoms with Crippen LogP contribution in [0, 0.1) is 11.7 Å². The number of likely N-dealkylation sites (tertiary alicyclic amines) is 1. The number of carbonyl (C=O) groups excluding carboxylic acids is 3. The molecular weight excluding hydrogens is 415 g/mol. The van der Waals surface area contributed by atoms with Crippen molar-refractivity contribution < 1.29 is 27.2 Å². The third-order valence-corrected chi connectivity index (χ3v) is 6.37. The van der Waals surface area contributed by atoms with Gasteiger partial charge >= 0.3 is 0 Å². The van der Waals surface area contributed by atoms with E-state index in [9.17, 15) is 27.2 Å². The van der Waals surface area contributed by atoms with Gasteiger partial charge < -0.3 is 15.5 Å². The van der Waals surface area contributed by atoms with E-state index in [0.29, 0.717) is 19.4 Å². The zero-order chi connectivity index (χ0) is 22.5. The largest absolute Gasteiger partial charge is 0.357 e. The number of amides is 3. The lowest BCUT2D eigenvalue weighted by atomic mass is 10.1. The predicted molar refractivity (Wildman–Crippen MR) is 107 cm³/mol. The summed E-state index contributed by atoms with van der Waals surface area (Å²) in [6.07, 6.45) is 1.21. The molecular formula is C19H27FN4O5S. The molecule has 0 radical (unpaired) electrons. The number of hydrogen-bond donors (Lipinski definition) is 3. The maximum atomic E-state index is 13.9. The molecule has 3 amide bonds. The van der Waals surface area contributed by atoms with E-state index in [1.807, 2.05) is 0 Å². The van der Waals surface area contributed by atoms with Crippen LogP contribution in [0.1, 0.15) is 26.7 Å². The van der Waals surface area contributed by atoms with E-state index in [-0.39, 0.29) is 12.5 Å². The summed E-state index contributed by atoms with van der Waals surface area (Å²) in [5, 5.41) is 4.93. The fourth-order valence-corrected chi connectivity index (χ4v) is 4.69. The SMILES string of the molecule is CNC(=O)C1CCCN1C(=O)CNC(=O)[C@@H](NS(=O)(=O)c1ccccc1F)C(C)C. The van der Waals surface area contributed by atoms with Gasteiger partial charge in [0.25, 0.3) is 0 Å². The monoisotopic (exact) mass is 442 g/mol. The molecule has 2 rings (SSSR count). The molecule has 1 fully saturated rings. The van der Waals surface area contributed by atoms with Crippen molar-refractivity contribution in [3.63, 3.8) is 0 Å². The van der Waals surface area contributed by atoms with E-state index in [2.05, 4.69) is 15.4 Å². The summed E-state index contributed by atoms with van der Waals surface area (Å²) in [6, 6.07) is 3.05. The van der Waals surface area contributed by atoms with Crippen LogP contribution in [-0.2, 0) is 24.4 Å². The Balaban J connectivity index is 2.05. The fraction of sp³-hybridized carbons (Fsp3) is 0.526. The molecule has 0 spiro atoms. The standard InChI is InChI=1S/C19H27FN4O5S/c1-12(2)17(23-30(28,29)15-9-5-4-7-13(15)20)19(27)22-11-16(25)24-10-6-8-14(24)18(26)21-3/h4-5,7,9,12,14,17,23H,6,8,10-11H2,1-3H3,(H,21,26)(H,22,27)/t14?,17-/m0/s1. The third kappa shape index (κ3) is 5.54. The van der Waals surface area contributed by atoms with Crippen molar-refractivity contribution in [1.82, 2.24) is 20.3 Å². The van der Waals surface area contributed by atoms with Crippen LogP contribution in [0.5, 0.6) is 0 Å². The van der Waals surface area contributed by atoms with E-state index < -0.39 is 50.6 Å². The molecule has 1 heterocycles. The molecule has 0 bridgehead atoms. The van der Waals surface area contributed by atoms with Crippen LogP contribution in [0.25, 0.3) is 0 Å². The number of likely N-dealkylation sites (N-methyl/N-ethyl adjacent to an activating group) is 1. The third-order valence-electron chi connectivity index (χ3n) is 4.89. The van der Waals surface area contributed by atoms with Crippen molar-refractivity contribution in [3.8, 4) is 0 Å². The zero-order valence-electron chi connectivity index (χ0n) is 17.1. The van der Waals surface area contributed by atoms with Gasteiger partial charge in [-0.15, -0.1) is 0 Å². The molecule has 2 atom stereocenters. The van der Waals surface area contributed by atoms with Crippen LogP contribution >= 0.6 is 0 Å². The van der Waals surface area contributed by atoms with Crippen LogP contribution in [0.3, 0.4) is 0 Å². The van der Waals surface area contributed by atoms with Gasteiger partial charge in [0.2, 0.25) is 27.7 Å². The first-order valence-corrected chi connectivity index (χ1v) is 11.1. The number of halogens is 1. The molecule has 30 heavy (non-hydrogen) atoms. The lowest BCUT2D eigenvalue weighted by molar-refractivity contribution is -0.138. The first kappa shape index (κ1) is 23.7. The average Bonchev–Trinajstić information content (AvgIpc) is 3.19. The number of nitrogens with zero attached hydrogens (tertiary/aromatic N) is 1. The van der Waals surface area contributed by atoms with Gasteiger partial charge in [0.15, 0.2) is 0 Å². The molecule has 1 aliphatic heterocycles. The van der Waals surface area contributed by atoms with Gasteiger partial charge in [0, 0.05) is 13.6 Å². The van der Waals surface area contributed by atoms with Crippen molar-refractivity contribution in [1.29, 1.82) is 0 Å². The Bertz CT molecular complexity index is 906. The summed E-state index contributed by atoms with van der Waals surface area (Å²) in [4.78, 5) is 37.8. The van der Waals surface area contributed by atoms with Crippen molar-refractivity contribution >= 4 is 27.7 Å². The molecule has 11 heteroatoms. The van der Waals surface area contributed by atoms with Gasteiger partial charge in [-0.05, 0) is 30.9 Å². The number of sulfonamides is 1. The molecule has 1 aromatic rings. The van der Waals surface area contributed by atoms with Crippen LogP contribution in [0.15, 0.2) is 29.2 Å². The Kier molecular flexibility index (Phi) is 7.90. The average molecular weight is 443 g/mol. The first-order chi connectivity index (χ1) is 14.1. The van der Waals surface area contributed by atoms with Crippen LogP contribution in [0.4, 0.5) is 4.39 Å². The van der Waals surface area contributed by atoms with E-state index in [1.165, 1.54) is 24.1 Å². The fourth-order valence-electron chi connectivity index (χ4n) is 3.26. The summed E-state index contributed by atoms with van der Waals surface area (Å²) in [7, 11) is -2.81. The quantitative estimate of drug-likeness (QED) is 0.522. The molecule has 1 saturated heterocycles. The smallest absolute Gasteiger partial charge is 0.244 e. The number of benzene rings is 1. The topological polar surface area (TPSA) is 125 Å². The highest BCUT2D eigenvalue weighted by molar-refractivity contribution is 7.89. The molecule has 0 aliphatic carbocycles. The second kappa shape index (κ2) is 9.98. The number of hydrogen-bond acceptors (Lipinski definition) is 5. The van der Waals surface area contributed by atoms with Gasteiger partial charge in [0.05, 0.1) is 6.54 Å². The Morgan fingerprint density at radius 1 is 1.23 bits per heavy atom. The van der Waals surface area contributed by atoms with Crippen LogP contribution < -0.4 is 15.4 Å². The molecule has 9 nitrogen and oxygen atoms in total. The van der Waals surface area contributed by atoms with Crippen LogP contribution in [-0.4, -0.2) is 63.3 Å². The lowest BCUT2D eigenvalue weighted by Gasteiger charge is -2.25. The molecule has 3 N–H and O–H groups in total. The van der Waals surface area contributed by atoms with Crippen molar-refractivity contribution in [2.24, 2.45) is 5.92 Å². The highest BCUT2D eigenvalue weighted by atomic mass is 32.2. The van der Waals surface area contributed by atoms with Crippen LogP contribution in [0.2, 0.25) is 0 Å². The summed E-state index contributed by atoms with van der Waals surface area (Å²) in [5.41, 5.74) is 0. The maximum Gasteiger partial charge on any atom is 0.244 e. The van der Waals surface area contributed by atoms with Crippen molar-refractivity contribution in [2.75, 3.05) is 20.1 Å². The minimum atomic E-state index is -4.29. The Labute approximate surface area is 175 Å². The summed E-state index contributed by atoms with van der Waals surface area (Å²) in [6.45, 7) is 3.27. The van der Waals surface area contributed by atoms with Crippen molar-refractivity contribution in [3.05, 3.63) is 30.1 Å². The van der Waals surface area contributed by atoms with Gasteiger partial charge in [-0.25, -0.2) is 12.8 Å². The Hall–Kier alpha value is -2.53. The normalized spacial score (nSPS) is 17.6. The molecule has 0 aromatic heterocycles. The number of rotatable bonds is 8. The predicted octanol–water partition coefficient (Wildman–Crippen LogP) is -0.0182. The van der Waals surface area contributed by atoms with Gasteiger partial charge in [0.1, 0.15) is 22.8 Å². The lowest BCUT2D eigenvalue weighted by Crippen LogP contribution is -2.53. The first-order valence-electron chi connectivity index (χ1n) is 9.64. The zero-order valence-corrected chi connectivity index (χ0v) is 18.0. The molecule has 0 saturated carbocycles. The Morgan fingerprint density at radius 3 is 2.50 bits per heavy atom. The molecule has 1 aliphatic rings. The van der Waals surface area contributed by atoms with E-state index >= 15 is 0 Å². The minimum Gasteiger partial charge on any atom is -0.357 e. The highest BCUT2D eigenvalue weighted by Crippen LogP contribution is 2.18. The summed E-state index contributed by atoms with van der Waals surface area (Å²) in [5.74, 6) is -2.82. The Morgan fingerprint density at radius 2 is 1.90 bits per heavy atom. The van der Waals surface area contributed by atoms with Crippen molar-refractivity contribution in [2.45, 2.75) is 43.7 Å². The van der Waals surface area contributed by atoms with E-state index in [1.54, 1.807) is 13.8 Å². The van der Waals surface area contributed by atoms with Gasteiger partial charge in [-0.2, -0.15) is 4.72 Å². The highest BCUT2D eigenvalue weighted by Gasteiger charge is 2.34. The minimum absolute atomic E-state index is 0.273. The molecule has 1 unspecified atom stereocenters. The van der Waals surface area contributed by atoms with E-state index in [0.717, 1.165) is 12.1 Å². The number of nitrogens with one attached hydrogen (secondary N) is 3. The van der Waals surface area contributed by atoms with E-state index in [4.69, 9.17) is 0 Å². The molecule has 1 aromatic carbocycles. The molecule has 166 valence electrons. The maximum absolute atomic E-state index is 13.9.